The predicted octanol–water partition coefficient (Wildman–Crippen LogP) is 3.90. The number of rotatable bonds is 3. The molecule has 0 aliphatic carbocycles. The van der Waals surface area contributed by atoms with Crippen molar-refractivity contribution >= 4 is 11.9 Å². The number of amides is 1. The first-order valence-corrected chi connectivity index (χ1v) is 10.4. The first-order chi connectivity index (χ1) is 12.9. The van der Waals surface area contributed by atoms with E-state index in [4.69, 9.17) is 4.74 Å². The molecule has 1 aromatic heterocycles. The van der Waals surface area contributed by atoms with Gasteiger partial charge in [-0.3, -0.25) is 0 Å². The smallest absolute Gasteiger partial charge is 0.410 e. The second-order valence-corrected chi connectivity index (χ2v) is 8.81. The SMILES string of the molecule is CCc1nccc(N2CCC(C3CCN(C(=O)OC(C)(C)C)CC3)CC2)n1. The van der Waals surface area contributed by atoms with Crippen molar-refractivity contribution in [3.63, 3.8) is 0 Å². The number of hydrogen-bond acceptors (Lipinski definition) is 5. The Morgan fingerprint density at radius 2 is 1.70 bits per heavy atom. The van der Waals surface area contributed by atoms with Crippen molar-refractivity contribution in [1.29, 1.82) is 0 Å². The van der Waals surface area contributed by atoms with Crippen molar-refractivity contribution in [2.24, 2.45) is 11.8 Å². The summed E-state index contributed by atoms with van der Waals surface area (Å²) in [4.78, 5) is 25.5. The van der Waals surface area contributed by atoms with Crippen LogP contribution >= 0.6 is 0 Å². The second kappa shape index (κ2) is 8.44. The molecule has 2 fully saturated rings. The third-order valence-corrected chi connectivity index (χ3v) is 5.73. The van der Waals surface area contributed by atoms with Crippen LogP contribution in [0, 0.1) is 11.8 Å². The van der Waals surface area contributed by atoms with Crippen molar-refractivity contribution in [3.05, 3.63) is 18.1 Å². The minimum absolute atomic E-state index is 0.161. The number of hydrogen-bond donors (Lipinski definition) is 0. The van der Waals surface area contributed by atoms with E-state index in [1.807, 2.05) is 37.9 Å². The molecule has 0 saturated carbocycles. The van der Waals surface area contributed by atoms with Crippen molar-refractivity contribution in [2.45, 2.75) is 65.4 Å². The van der Waals surface area contributed by atoms with E-state index in [0.29, 0.717) is 0 Å². The van der Waals surface area contributed by atoms with Crippen LogP contribution in [0.25, 0.3) is 0 Å². The number of likely N-dealkylation sites (tertiary alicyclic amines) is 1. The molecule has 1 amide bonds. The third kappa shape index (κ3) is 5.33. The summed E-state index contributed by atoms with van der Waals surface area (Å²) in [6, 6.07) is 2.03. The molecule has 0 bridgehead atoms. The van der Waals surface area contributed by atoms with Crippen LogP contribution in [0.15, 0.2) is 12.3 Å². The van der Waals surface area contributed by atoms with Gasteiger partial charge in [0.25, 0.3) is 0 Å². The van der Waals surface area contributed by atoms with Crippen LogP contribution in [0.5, 0.6) is 0 Å². The fourth-order valence-electron chi connectivity index (χ4n) is 4.21. The molecule has 0 atom stereocenters. The Morgan fingerprint density at radius 3 is 2.26 bits per heavy atom. The molecule has 3 rings (SSSR count). The highest BCUT2D eigenvalue weighted by atomic mass is 16.6. The zero-order valence-electron chi connectivity index (χ0n) is 17.3. The molecule has 0 aromatic carbocycles. The Morgan fingerprint density at radius 1 is 1.11 bits per heavy atom. The molecular weight excluding hydrogens is 340 g/mol. The zero-order valence-corrected chi connectivity index (χ0v) is 17.3. The Hall–Kier alpha value is -1.85. The standard InChI is InChI=1S/C21H34N4O2/c1-5-18-22-11-6-19(23-18)24-12-7-16(8-13-24)17-9-14-25(15-10-17)20(26)27-21(2,3)4/h6,11,16-17H,5,7-10,12-15H2,1-4H3. The number of carbonyl (C=O) groups is 1. The molecule has 2 saturated heterocycles. The van der Waals surface area contributed by atoms with E-state index < -0.39 is 5.60 Å². The number of ether oxygens (including phenoxy) is 1. The van der Waals surface area contributed by atoms with E-state index in [1.54, 1.807) is 0 Å². The van der Waals surface area contributed by atoms with Gasteiger partial charge in [0, 0.05) is 38.8 Å². The molecule has 150 valence electrons. The van der Waals surface area contributed by atoms with Gasteiger partial charge in [0.15, 0.2) is 0 Å². The molecule has 1 aromatic rings. The molecule has 0 unspecified atom stereocenters. The molecule has 0 spiro atoms. The third-order valence-electron chi connectivity index (χ3n) is 5.73. The lowest BCUT2D eigenvalue weighted by Crippen LogP contribution is -2.44. The van der Waals surface area contributed by atoms with Gasteiger partial charge in [0.05, 0.1) is 0 Å². The predicted molar refractivity (Wildman–Crippen MR) is 107 cm³/mol. The molecule has 0 N–H and O–H groups in total. The highest BCUT2D eigenvalue weighted by molar-refractivity contribution is 5.68. The summed E-state index contributed by atoms with van der Waals surface area (Å²) in [7, 11) is 0. The van der Waals surface area contributed by atoms with Crippen molar-refractivity contribution < 1.29 is 9.53 Å². The number of aryl methyl sites for hydroxylation is 1. The fraction of sp³-hybridized carbons (Fsp3) is 0.762. The Balaban J connectivity index is 1.46. The minimum Gasteiger partial charge on any atom is -0.444 e. The molecule has 27 heavy (non-hydrogen) atoms. The second-order valence-electron chi connectivity index (χ2n) is 8.81. The van der Waals surface area contributed by atoms with E-state index >= 15 is 0 Å². The lowest BCUT2D eigenvalue weighted by Gasteiger charge is -2.40. The van der Waals surface area contributed by atoms with Crippen LogP contribution in [0.3, 0.4) is 0 Å². The summed E-state index contributed by atoms with van der Waals surface area (Å²) < 4.78 is 5.51. The van der Waals surface area contributed by atoms with Crippen LogP contribution in [0.4, 0.5) is 10.6 Å². The number of carbonyl (C=O) groups excluding carboxylic acids is 1. The maximum absolute atomic E-state index is 12.2. The van der Waals surface area contributed by atoms with Crippen LogP contribution in [0.1, 0.15) is 59.2 Å². The van der Waals surface area contributed by atoms with Gasteiger partial charge in [-0.1, -0.05) is 6.92 Å². The highest BCUT2D eigenvalue weighted by Crippen LogP contribution is 2.33. The van der Waals surface area contributed by atoms with E-state index in [1.165, 1.54) is 12.8 Å². The van der Waals surface area contributed by atoms with Crippen molar-refractivity contribution in [1.82, 2.24) is 14.9 Å². The van der Waals surface area contributed by atoms with Crippen LogP contribution < -0.4 is 4.90 Å². The molecule has 3 heterocycles. The van der Waals surface area contributed by atoms with Gasteiger partial charge in [-0.15, -0.1) is 0 Å². The highest BCUT2D eigenvalue weighted by Gasteiger charge is 2.32. The van der Waals surface area contributed by atoms with E-state index in [9.17, 15) is 4.79 Å². The first-order valence-electron chi connectivity index (χ1n) is 10.4. The van der Waals surface area contributed by atoms with Gasteiger partial charge in [-0.25, -0.2) is 14.8 Å². The van der Waals surface area contributed by atoms with Gasteiger partial charge in [-0.05, 0) is 64.4 Å². The number of aromatic nitrogens is 2. The van der Waals surface area contributed by atoms with Gasteiger partial charge in [0.2, 0.25) is 0 Å². The minimum atomic E-state index is -0.417. The maximum atomic E-state index is 12.2. The number of nitrogens with zero attached hydrogens (tertiary/aromatic N) is 4. The Bertz CT molecular complexity index is 627. The average molecular weight is 375 g/mol. The molecule has 6 nitrogen and oxygen atoms in total. The van der Waals surface area contributed by atoms with Crippen molar-refractivity contribution in [3.8, 4) is 0 Å². The summed E-state index contributed by atoms with van der Waals surface area (Å²) in [5.41, 5.74) is -0.417. The summed E-state index contributed by atoms with van der Waals surface area (Å²) in [5.74, 6) is 3.47. The first kappa shape index (κ1) is 19.9. The largest absolute Gasteiger partial charge is 0.444 e. The van der Waals surface area contributed by atoms with Gasteiger partial charge in [-0.2, -0.15) is 0 Å². The van der Waals surface area contributed by atoms with Crippen LogP contribution in [0.2, 0.25) is 0 Å². The summed E-state index contributed by atoms with van der Waals surface area (Å²) in [6.45, 7) is 11.6. The molecule has 6 heteroatoms. The summed E-state index contributed by atoms with van der Waals surface area (Å²) in [6.07, 6.45) is 7.20. The quantitative estimate of drug-likeness (QED) is 0.803. The Kier molecular flexibility index (Phi) is 6.22. The van der Waals surface area contributed by atoms with Crippen LogP contribution in [-0.2, 0) is 11.2 Å². The lowest BCUT2D eigenvalue weighted by molar-refractivity contribution is 0.0152. The fourth-order valence-corrected chi connectivity index (χ4v) is 4.21. The van der Waals surface area contributed by atoms with Gasteiger partial charge in [0.1, 0.15) is 17.2 Å². The average Bonchev–Trinajstić information content (AvgIpc) is 2.67. The summed E-state index contributed by atoms with van der Waals surface area (Å²) in [5, 5.41) is 0. The molecule has 2 aliphatic rings. The monoisotopic (exact) mass is 374 g/mol. The number of anilines is 1. The van der Waals surface area contributed by atoms with Crippen LogP contribution in [-0.4, -0.2) is 52.7 Å². The Labute approximate surface area is 163 Å². The summed E-state index contributed by atoms with van der Waals surface area (Å²) >= 11 is 0. The van der Waals surface area contributed by atoms with Gasteiger partial charge >= 0.3 is 6.09 Å². The van der Waals surface area contributed by atoms with E-state index in [0.717, 1.165) is 68.9 Å². The topological polar surface area (TPSA) is 58.6 Å². The van der Waals surface area contributed by atoms with E-state index in [-0.39, 0.29) is 6.09 Å². The molecule has 0 radical (unpaired) electrons. The zero-order chi connectivity index (χ0) is 19.4. The molecular formula is C21H34N4O2. The maximum Gasteiger partial charge on any atom is 0.410 e. The normalized spacial score (nSPS) is 20.0. The number of piperidine rings is 2. The van der Waals surface area contributed by atoms with Crippen molar-refractivity contribution in [2.75, 3.05) is 31.1 Å². The van der Waals surface area contributed by atoms with E-state index in [2.05, 4.69) is 21.8 Å². The molecule has 2 aliphatic heterocycles. The van der Waals surface area contributed by atoms with Gasteiger partial charge < -0.3 is 14.5 Å². The lowest BCUT2D eigenvalue weighted by atomic mass is 9.79.